The fourth-order valence-corrected chi connectivity index (χ4v) is 2.38. The van der Waals surface area contributed by atoms with Gasteiger partial charge in [0.1, 0.15) is 0 Å². The minimum Gasteiger partial charge on any atom is -0.341 e. The second-order valence-electron chi connectivity index (χ2n) is 5.15. The second-order valence-corrected chi connectivity index (χ2v) is 6.75. The third-order valence-corrected chi connectivity index (χ3v) is 3.90. The molecule has 0 aliphatic heterocycles. The van der Waals surface area contributed by atoms with Gasteiger partial charge in [0.05, 0.1) is 5.56 Å². The first-order valence-corrected chi connectivity index (χ1v) is 7.13. The molecule has 1 aromatic carbocycles. The van der Waals surface area contributed by atoms with Crippen LogP contribution < -0.4 is 5.73 Å². The summed E-state index contributed by atoms with van der Waals surface area (Å²) in [5, 5.41) is 0.574. The van der Waals surface area contributed by atoms with Crippen LogP contribution in [0.15, 0.2) is 18.2 Å². The zero-order valence-electron chi connectivity index (χ0n) is 10.8. The van der Waals surface area contributed by atoms with Gasteiger partial charge in [-0.3, -0.25) is 4.79 Å². The number of halogens is 2. The van der Waals surface area contributed by atoms with Gasteiger partial charge in [0.15, 0.2) is 0 Å². The van der Waals surface area contributed by atoms with E-state index in [0.717, 1.165) is 3.57 Å². The molecular weight excluding hydrogens is 363 g/mol. The van der Waals surface area contributed by atoms with Gasteiger partial charge in [-0.2, -0.15) is 0 Å². The summed E-state index contributed by atoms with van der Waals surface area (Å²) in [7, 11) is 1.79. The number of hydrogen-bond acceptors (Lipinski definition) is 2. The SMILES string of the molecule is CN(CC(C)(C)CN)C(=O)c1cc(Cl)ccc1I. The first kappa shape index (κ1) is 15.7. The highest BCUT2D eigenvalue weighted by atomic mass is 127. The molecule has 0 fully saturated rings. The molecule has 0 unspecified atom stereocenters. The first-order valence-electron chi connectivity index (χ1n) is 5.67. The van der Waals surface area contributed by atoms with Crippen molar-refractivity contribution in [3.8, 4) is 0 Å². The Kier molecular flexibility index (Phi) is 5.43. The van der Waals surface area contributed by atoms with E-state index in [0.29, 0.717) is 23.7 Å². The Morgan fingerprint density at radius 2 is 2.11 bits per heavy atom. The Morgan fingerprint density at radius 3 is 2.67 bits per heavy atom. The molecule has 0 heterocycles. The predicted octanol–water partition coefficient (Wildman–Crippen LogP) is 3.00. The summed E-state index contributed by atoms with van der Waals surface area (Å²) in [6.07, 6.45) is 0. The van der Waals surface area contributed by atoms with Crippen LogP contribution in [0.1, 0.15) is 24.2 Å². The maximum absolute atomic E-state index is 12.3. The van der Waals surface area contributed by atoms with Gasteiger partial charge in [0.25, 0.3) is 5.91 Å². The van der Waals surface area contributed by atoms with Gasteiger partial charge in [0, 0.05) is 22.2 Å². The molecule has 0 spiro atoms. The van der Waals surface area contributed by atoms with E-state index in [1.54, 1.807) is 24.1 Å². The molecule has 0 bridgehead atoms. The van der Waals surface area contributed by atoms with Gasteiger partial charge in [0.2, 0.25) is 0 Å². The van der Waals surface area contributed by atoms with Crippen molar-refractivity contribution >= 4 is 40.1 Å². The van der Waals surface area contributed by atoms with Crippen LogP contribution in [0.2, 0.25) is 5.02 Å². The Hall–Kier alpha value is -0.330. The summed E-state index contributed by atoms with van der Waals surface area (Å²) in [5.74, 6) is -0.0246. The Bertz CT molecular complexity index is 449. The number of nitrogens with two attached hydrogens (primary N) is 1. The highest BCUT2D eigenvalue weighted by Gasteiger charge is 2.23. The lowest BCUT2D eigenvalue weighted by molar-refractivity contribution is 0.0739. The summed E-state index contributed by atoms with van der Waals surface area (Å²) in [6.45, 7) is 5.24. The van der Waals surface area contributed by atoms with Crippen LogP contribution in [0.3, 0.4) is 0 Å². The number of carbonyl (C=O) groups is 1. The number of amides is 1. The van der Waals surface area contributed by atoms with Crippen molar-refractivity contribution in [1.82, 2.24) is 4.90 Å². The minimum atomic E-state index is -0.0889. The average molecular weight is 381 g/mol. The van der Waals surface area contributed by atoms with Crippen LogP contribution in [-0.2, 0) is 0 Å². The molecule has 0 saturated heterocycles. The Labute approximate surface area is 127 Å². The third kappa shape index (κ3) is 4.10. The van der Waals surface area contributed by atoms with Crippen LogP contribution in [0, 0.1) is 8.99 Å². The fourth-order valence-electron chi connectivity index (χ4n) is 1.65. The van der Waals surface area contributed by atoms with Crippen LogP contribution >= 0.6 is 34.2 Å². The van der Waals surface area contributed by atoms with E-state index in [4.69, 9.17) is 17.3 Å². The highest BCUT2D eigenvalue weighted by molar-refractivity contribution is 14.1. The average Bonchev–Trinajstić information content (AvgIpc) is 2.31. The van der Waals surface area contributed by atoms with Gasteiger partial charge >= 0.3 is 0 Å². The summed E-state index contributed by atoms with van der Waals surface area (Å²) in [6, 6.07) is 5.33. The maximum atomic E-state index is 12.3. The summed E-state index contributed by atoms with van der Waals surface area (Å²) >= 11 is 8.07. The van der Waals surface area contributed by atoms with E-state index in [1.807, 2.05) is 19.9 Å². The van der Waals surface area contributed by atoms with Gasteiger partial charge < -0.3 is 10.6 Å². The van der Waals surface area contributed by atoms with Crippen LogP contribution in [-0.4, -0.2) is 30.9 Å². The Morgan fingerprint density at radius 1 is 1.50 bits per heavy atom. The normalized spacial score (nSPS) is 11.4. The molecule has 18 heavy (non-hydrogen) atoms. The van der Waals surface area contributed by atoms with E-state index < -0.39 is 0 Å². The van der Waals surface area contributed by atoms with Crippen molar-refractivity contribution in [2.45, 2.75) is 13.8 Å². The maximum Gasteiger partial charge on any atom is 0.254 e. The van der Waals surface area contributed by atoms with Gasteiger partial charge in [-0.05, 0) is 52.7 Å². The molecule has 1 rings (SSSR count). The van der Waals surface area contributed by atoms with Crippen molar-refractivity contribution in [1.29, 1.82) is 0 Å². The summed E-state index contributed by atoms with van der Waals surface area (Å²) in [4.78, 5) is 14.0. The molecule has 0 aliphatic rings. The standard InChI is InChI=1S/C13H18ClIN2O/c1-13(2,7-16)8-17(3)12(18)10-6-9(14)4-5-11(10)15/h4-6H,7-8,16H2,1-3H3. The summed E-state index contributed by atoms with van der Waals surface area (Å²) in [5.41, 5.74) is 6.24. The van der Waals surface area contributed by atoms with Crippen molar-refractivity contribution in [2.75, 3.05) is 20.1 Å². The molecule has 3 nitrogen and oxygen atoms in total. The quantitative estimate of drug-likeness (QED) is 0.816. The lowest BCUT2D eigenvalue weighted by Crippen LogP contribution is -2.40. The zero-order chi connectivity index (χ0) is 13.9. The lowest BCUT2D eigenvalue weighted by atomic mass is 9.93. The number of rotatable bonds is 4. The van der Waals surface area contributed by atoms with E-state index in [1.165, 1.54) is 0 Å². The van der Waals surface area contributed by atoms with Crippen molar-refractivity contribution in [3.63, 3.8) is 0 Å². The van der Waals surface area contributed by atoms with Gasteiger partial charge in [-0.1, -0.05) is 25.4 Å². The topological polar surface area (TPSA) is 46.3 Å². The lowest BCUT2D eigenvalue weighted by Gasteiger charge is -2.29. The van der Waals surface area contributed by atoms with Crippen molar-refractivity contribution in [3.05, 3.63) is 32.4 Å². The van der Waals surface area contributed by atoms with E-state index in [2.05, 4.69) is 22.6 Å². The number of carbonyl (C=O) groups excluding carboxylic acids is 1. The van der Waals surface area contributed by atoms with E-state index in [9.17, 15) is 4.79 Å². The molecule has 100 valence electrons. The molecule has 1 aromatic rings. The molecular formula is C13H18ClIN2O. The number of hydrogen-bond donors (Lipinski definition) is 1. The van der Waals surface area contributed by atoms with Gasteiger partial charge in [-0.25, -0.2) is 0 Å². The first-order chi connectivity index (χ1) is 8.26. The Balaban J connectivity index is 2.90. The molecule has 0 aromatic heterocycles. The third-order valence-electron chi connectivity index (χ3n) is 2.72. The fraction of sp³-hybridized carbons (Fsp3) is 0.462. The molecule has 0 saturated carbocycles. The molecule has 5 heteroatoms. The molecule has 1 amide bonds. The van der Waals surface area contributed by atoms with E-state index in [-0.39, 0.29) is 11.3 Å². The van der Waals surface area contributed by atoms with Crippen LogP contribution in [0.4, 0.5) is 0 Å². The summed E-state index contributed by atoms with van der Waals surface area (Å²) < 4.78 is 0.902. The number of nitrogens with zero attached hydrogens (tertiary/aromatic N) is 1. The van der Waals surface area contributed by atoms with Crippen LogP contribution in [0.5, 0.6) is 0 Å². The smallest absolute Gasteiger partial charge is 0.254 e. The highest BCUT2D eigenvalue weighted by Crippen LogP contribution is 2.21. The molecule has 0 aliphatic carbocycles. The van der Waals surface area contributed by atoms with Crippen molar-refractivity contribution < 1.29 is 4.79 Å². The second kappa shape index (κ2) is 6.21. The monoisotopic (exact) mass is 380 g/mol. The zero-order valence-corrected chi connectivity index (χ0v) is 13.7. The molecule has 2 N–H and O–H groups in total. The van der Waals surface area contributed by atoms with Gasteiger partial charge in [-0.15, -0.1) is 0 Å². The predicted molar refractivity (Wildman–Crippen MR) is 84.0 cm³/mol. The minimum absolute atomic E-state index is 0.0246. The number of benzene rings is 1. The largest absolute Gasteiger partial charge is 0.341 e. The van der Waals surface area contributed by atoms with Crippen LogP contribution in [0.25, 0.3) is 0 Å². The molecule has 0 atom stereocenters. The van der Waals surface area contributed by atoms with E-state index >= 15 is 0 Å². The van der Waals surface area contributed by atoms with Crippen molar-refractivity contribution in [2.24, 2.45) is 11.1 Å². The molecule has 0 radical (unpaired) electrons.